The normalized spacial score (nSPS) is 10.6. The zero-order valence-electron chi connectivity index (χ0n) is 13.1. The number of amides is 1. The van der Waals surface area contributed by atoms with Crippen molar-refractivity contribution in [1.82, 2.24) is 0 Å². The molecule has 0 atom stereocenters. The Balaban J connectivity index is 2.13. The van der Waals surface area contributed by atoms with E-state index in [0.717, 1.165) is 12.2 Å². The maximum absolute atomic E-state index is 12.3. The summed E-state index contributed by atoms with van der Waals surface area (Å²) in [5, 5.41) is 3.36. The monoisotopic (exact) mass is 316 g/mol. The molecule has 0 bridgehead atoms. The minimum Gasteiger partial charge on any atom is -0.369 e. The van der Waals surface area contributed by atoms with Crippen LogP contribution in [0.5, 0.6) is 0 Å². The number of carbonyl (C=O) groups is 1. The summed E-state index contributed by atoms with van der Waals surface area (Å²) in [7, 11) is 0. The average molecular weight is 317 g/mol. The van der Waals surface area contributed by atoms with Crippen molar-refractivity contribution in [3.8, 4) is 0 Å². The Morgan fingerprint density at radius 3 is 2.32 bits per heavy atom. The number of hydrogen-bond acceptors (Lipinski definition) is 2. The van der Waals surface area contributed by atoms with Crippen LogP contribution in [0.15, 0.2) is 48.5 Å². The molecule has 1 N–H and O–H groups in total. The fourth-order valence-electron chi connectivity index (χ4n) is 2.41. The van der Waals surface area contributed by atoms with Crippen molar-refractivity contribution in [2.45, 2.75) is 26.8 Å². The van der Waals surface area contributed by atoms with Crippen LogP contribution in [0.3, 0.4) is 0 Å². The first-order chi connectivity index (χ1) is 10.5. The SMILES string of the molecule is CCN(c1ccc(C(=O)Nc2ccccc2Cl)cc1)C(C)C. The van der Waals surface area contributed by atoms with E-state index in [4.69, 9.17) is 11.6 Å². The topological polar surface area (TPSA) is 32.3 Å². The molecule has 0 fully saturated rings. The van der Waals surface area contributed by atoms with Gasteiger partial charge < -0.3 is 10.2 Å². The molecule has 0 heterocycles. The van der Waals surface area contributed by atoms with Gasteiger partial charge in [0.15, 0.2) is 0 Å². The highest BCUT2D eigenvalue weighted by Crippen LogP contribution is 2.22. The van der Waals surface area contributed by atoms with E-state index in [1.54, 1.807) is 12.1 Å². The standard InChI is InChI=1S/C18H21ClN2O/c1-4-21(13(2)3)15-11-9-14(10-12-15)18(22)20-17-8-6-5-7-16(17)19/h5-13H,4H2,1-3H3,(H,20,22). The van der Waals surface area contributed by atoms with Crippen LogP contribution in [-0.4, -0.2) is 18.5 Å². The third kappa shape index (κ3) is 3.80. The molecule has 22 heavy (non-hydrogen) atoms. The zero-order valence-corrected chi connectivity index (χ0v) is 13.9. The Labute approximate surface area is 136 Å². The van der Waals surface area contributed by atoms with E-state index in [1.807, 2.05) is 36.4 Å². The van der Waals surface area contributed by atoms with E-state index in [-0.39, 0.29) is 5.91 Å². The van der Waals surface area contributed by atoms with Crippen LogP contribution in [-0.2, 0) is 0 Å². The Kier molecular flexibility index (Phi) is 5.45. The fraction of sp³-hybridized carbons (Fsp3) is 0.278. The number of nitrogens with one attached hydrogen (secondary N) is 1. The van der Waals surface area contributed by atoms with Crippen molar-refractivity contribution in [2.75, 3.05) is 16.8 Å². The van der Waals surface area contributed by atoms with Gasteiger partial charge in [-0.3, -0.25) is 4.79 Å². The van der Waals surface area contributed by atoms with Gasteiger partial charge in [0.2, 0.25) is 0 Å². The van der Waals surface area contributed by atoms with E-state index in [0.29, 0.717) is 22.3 Å². The van der Waals surface area contributed by atoms with Gasteiger partial charge in [-0.1, -0.05) is 23.7 Å². The third-order valence-electron chi connectivity index (χ3n) is 3.55. The van der Waals surface area contributed by atoms with Crippen molar-refractivity contribution in [2.24, 2.45) is 0 Å². The van der Waals surface area contributed by atoms with Gasteiger partial charge in [-0.25, -0.2) is 0 Å². The minimum absolute atomic E-state index is 0.160. The summed E-state index contributed by atoms with van der Waals surface area (Å²) in [5.41, 5.74) is 2.35. The van der Waals surface area contributed by atoms with Gasteiger partial charge in [-0.05, 0) is 57.2 Å². The number of halogens is 1. The van der Waals surface area contributed by atoms with Gasteiger partial charge >= 0.3 is 0 Å². The molecule has 0 saturated heterocycles. The summed E-state index contributed by atoms with van der Waals surface area (Å²) in [6.45, 7) is 7.36. The molecule has 2 aromatic carbocycles. The van der Waals surface area contributed by atoms with Gasteiger partial charge in [0.1, 0.15) is 0 Å². The second-order valence-corrected chi connectivity index (χ2v) is 5.77. The largest absolute Gasteiger partial charge is 0.369 e. The molecule has 2 rings (SSSR count). The van der Waals surface area contributed by atoms with E-state index in [9.17, 15) is 4.79 Å². The molecule has 0 saturated carbocycles. The lowest BCUT2D eigenvalue weighted by atomic mass is 10.1. The van der Waals surface area contributed by atoms with Crippen LogP contribution in [0.1, 0.15) is 31.1 Å². The van der Waals surface area contributed by atoms with Crippen LogP contribution in [0.4, 0.5) is 11.4 Å². The number of carbonyl (C=O) groups excluding carboxylic acids is 1. The van der Waals surface area contributed by atoms with Crippen LogP contribution in [0.2, 0.25) is 5.02 Å². The molecular formula is C18H21ClN2O. The Morgan fingerprint density at radius 1 is 1.14 bits per heavy atom. The first-order valence-corrected chi connectivity index (χ1v) is 7.83. The Morgan fingerprint density at radius 2 is 1.77 bits per heavy atom. The Hall–Kier alpha value is -2.00. The predicted molar refractivity (Wildman–Crippen MR) is 94.0 cm³/mol. The summed E-state index contributed by atoms with van der Waals surface area (Å²) >= 11 is 6.05. The summed E-state index contributed by atoms with van der Waals surface area (Å²) in [4.78, 5) is 14.5. The first kappa shape index (κ1) is 16.4. The highest BCUT2D eigenvalue weighted by Gasteiger charge is 2.11. The van der Waals surface area contributed by atoms with Crippen molar-refractivity contribution < 1.29 is 4.79 Å². The number of hydrogen-bond donors (Lipinski definition) is 1. The number of benzene rings is 2. The van der Waals surface area contributed by atoms with Crippen LogP contribution < -0.4 is 10.2 Å². The molecule has 116 valence electrons. The summed E-state index contributed by atoms with van der Waals surface area (Å²) < 4.78 is 0. The van der Waals surface area contributed by atoms with Crippen molar-refractivity contribution in [1.29, 1.82) is 0 Å². The van der Waals surface area contributed by atoms with Crippen LogP contribution in [0.25, 0.3) is 0 Å². The Bertz CT molecular complexity index is 638. The highest BCUT2D eigenvalue weighted by atomic mass is 35.5. The van der Waals surface area contributed by atoms with Gasteiger partial charge in [0, 0.05) is 23.8 Å². The molecule has 0 spiro atoms. The molecule has 0 aliphatic carbocycles. The number of anilines is 2. The van der Waals surface area contributed by atoms with Crippen molar-refractivity contribution >= 4 is 28.9 Å². The molecule has 0 unspecified atom stereocenters. The summed E-state index contributed by atoms with van der Waals surface area (Å²) in [5.74, 6) is -0.160. The molecule has 0 aromatic heterocycles. The minimum atomic E-state index is -0.160. The number of nitrogens with zero attached hydrogens (tertiary/aromatic N) is 1. The maximum Gasteiger partial charge on any atom is 0.255 e. The van der Waals surface area contributed by atoms with Gasteiger partial charge in [0.25, 0.3) is 5.91 Å². The summed E-state index contributed by atoms with van der Waals surface area (Å²) in [6, 6.07) is 15.3. The van der Waals surface area contributed by atoms with E-state index in [1.165, 1.54) is 0 Å². The molecular weight excluding hydrogens is 296 g/mol. The van der Waals surface area contributed by atoms with Crippen LogP contribution in [0, 0.1) is 0 Å². The predicted octanol–water partition coefficient (Wildman–Crippen LogP) is 4.83. The smallest absolute Gasteiger partial charge is 0.255 e. The first-order valence-electron chi connectivity index (χ1n) is 7.45. The van der Waals surface area contributed by atoms with Crippen LogP contribution >= 0.6 is 11.6 Å². The highest BCUT2D eigenvalue weighted by molar-refractivity contribution is 6.33. The summed E-state index contributed by atoms with van der Waals surface area (Å²) in [6.07, 6.45) is 0. The van der Waals surface area contributed by atoms with E-state index < -0.39 is 0 Å². The molecule has 0 aliphatic rings. The quantitative estimate of drug-likeness (QED) is 0.857. The third-order valence-corrected chi connectivity index (χ3v) is 3.88. The molecule has 3 nitrogen and oxygen atoms in total. The van der Waals surface area contributed by atoms with Crippen molar-refractivity contribution in [3.05, 3.63) is 59.1 Å². The van der Waals surface area contributed by atoms with Crippen molar-refractivity contribution in [3.63, 3.8) is 0 Å². The van der Waals surface area contributed by atoms with Gasteiger partial charge in [-0.15, -0.1) is 0 Å². The molecule has 2 aromatic rings. The average Bonchev–Trinajstić information content (AvgIpc) is 2.50. The molecule has 0 aliphatic heterocycles. The van der Waals surface area contributed by atoms with Gasteiger partial charge in [0.05, 0.1) is 10.7 Å². The lowest BCUT2D eigenvalue weighted by Gasteiger charge is -2.27. The van der Waals surface area contributed by atoms with E-state index >= 15 is 0 Å². The van der Waals surface area contributed by atoms with Gasteiger partial charge in [-0.2, -0.15) is 0 Å². The lowest BCUT2D eigenvalue weighted by Crippen LogP contribution is -2.30. The molecule has 1 amide bonds. The van der Waals surface area contributed by atoms with E-state index in [2.05, 4.69) is 31.0 Å². The lowest BCUT2D eigenvalue weighted by molar-refractivity contribution is 0.102. The second-order valence-electron chi connectivity index (χ2n) is 5.36. The maximum atomic E-state index is 12.3. The molecule has 0 radical (unpaired) electrons. The number of para-hydroxylation sites is 1. The fourth-order valence-corrected chi connectivity index (χ4v) is 2.59. The number of rotatable bonds is 5. The zero-order chi connectivity index (χ0) is 16.1. The molecule has 4 heteroatoms. The second kappa shape index (κ2) is 7.32.